The van der Waals surface area contributed by atoms with Crippen molar-refractivity contribution in [3.05, 3.63) is 11.6 Å². The summed E-state index contributed by atoms with van der Waals surface area (Å²) >= 11 is 0. The predicted octanol–water partition coefficient (Wildman–Crippen LogP) is 1.27. The zero-order chi connectivity index (χ0) is 19.0. The third kappa shape index (κ3) is 3.82. The van der Waals surface area contributed by atoms with E-state index in [1.54, 1.807) is 6.92 Å². The molecule has 1 saturated carbocycles. The fraction of sp³-hybridized carbons (Fsp3) is 0.714. The highest BCUT2D eigenvalue weighted by Gasteiger charge is 2.56. The van der Waals surface area contributed by atoms with Crippen molar-refractivity contribution in [2.45, 2.75) is 37.5 Å². The number of esters is 2. The van der Waals surface area contributed by atoms with Crippen molar-refractivity contribution in [3.63, 3.8) is 0 Å². The van der Waals surface area contributed by atoms with Crippen LogP contribution in [0, 0.1) is 11.3 Å². The molecule has 142 valence electrons. The van der Waals surface area contributed by atoms with Gasteiger partial charge in [0.05, 0.1) is 5.41 Å². The number of rotatable bonds is 6. The van der Waals surface area contributed by atoms with Crippen LogP contribution >= 0.6 is 0 Å². The number of methoxy groups -OCH3 is 1. The highest BCUT2D eigenvalue weighted by atomic mass is 32.2. The van der Waals surface area contributed by atoms with E-state index >= 15 is 0 Å². The Balaban J connectivity index is 2.15. The Kier molecular flexibility index (Phi) is 5.22. The molecule has 11 heteroatoms. The lowest BCUT2D eigenvalue weighted by atomic mass is 9.76. The van der Waals surface area contributed by atoms with Crippen molar-refractivity contribution in [1.82, 2.24) is 0 Å². The first kappa shape index (κ1) is 19.7. The van der Waals surface area contributed by atoms with E-state index in [9.17, 15) is 26.8 Å². The molecule has 2 aliphatic rings. The molecule has 0 aliphatic heterocycles. The number of carbonyl (C=O) groups is 2. The second-order valence-electron chi connectivity index (χ2n) is 6.37. The van der Waals surface area contributed by atoms with Crippen LogP contribution in [-0.2, 0) is 33.9 Å². The van der Waals surface area contributed by atoms with Crippen LogP contribution in [-0.4, -0.2) is 50.2 Å². The summed E-state index contributed by atoms with van der Waals surface area (Å²) in [6, 6.07) is 0. The SMILES string of the molecule is COCOC(=O)C1(C)C=C2CC(CC2OC(=O)C(F)(F)S(=O)(=O)O)C1. The van der Waals surface area contributed by atoms with Gasteiger partial charge in [-0.15, -0.1) is 0 Å². The van der Waals surface area contributed by atoms with Crippen molar-refractivity contribution in [3.8, 4) is 0 Å². The fourth-order valence-corrected chi connectivity index (χ4v) is 3.48. The molecule has 0 amide bonds. The summed E-state index contributed by atoms with van der Waals surface area (Å²) in [5.74, 6) is -3.03. The largest absolute Gasteiger partial charge is 0.465 e. The Hall–Kier alpha value is -1.59. The molecule has 2 bridgehead atoms. The van der Waals surface area contributed by atoms with Gasteiger partial charge in [-0.2, -0.15) is 17.2 Å². The summed E-state index contributed by atoms with van der Waals surface area (Å²) in [6.45, 7) is 1.37. The zero-order valence-electron chi connectivity index (χ0n) is 13.5. The van der Waals surface area contributed by atoms with E-state index in [0.29, 0.717) is 18.4 Å². The Morgan fingerprint density at radius 2 is 2.08 bits per heavy atom. The number of halogens is 2. The summed E-state index contributed by atoms with van der Waals surface area (Å²) < 4.78 is 70.5. The first-order valence-corrected chi connectivity index (χ1v) is 8.78. The molecule has 0 aromatic rings. The van der Waals surface area contributed by atoms with E-state index in [1.807, 2.05) is 0 Å². The highest BCUT2D eigenvalue weighted by Crippen LogP contribution is 2.48. The summed E-state index contributed by atoms with van der Waals surface area (Å²) in [6.07, 6.45) is 1.39. The maximum absolute atomic E-state index is 13.3. The van der Waals surface area contributed by atoms with Crippen LogP contribution < -0.4 is 0 Å². The van der Waals surface area contributed by atoms with Crippen LogP contribution in [0.3, 0.4) is 0 Å². The summed E-state index contributed by atoms with van der Waals surface area (Å²) in [5.41, 5.74) is -0.587. The summed E-state index contributed by atoms with van der Waals surface area (Å²) in [4.78, 5) is 23.6. The lowest BCUT2D eigenvalue weighted by Gasteiger charge is -2.29. The lowest BCUT2D eigenvalue weighted by Crippen LogP contribution is -2.40. The first-order chi connectivity index (χ1) is 11.4. The molecule has 0 aromatic heterocycles. The van der Waals surface area contributed by atoms with Crippen LogP contribution in [0.2, 0.25) is 0 Å². The molecule has 0 saturated heterocycles. The van der Waals surface area contributed by atoms with Crippen LogP contribution in [0.5, 0.6) is 0 Å². The second kappa shape index (κ2) is 6.61. The smallest absolute Gasteiger partial charge is 0.452 e. The molecule has 3 atom stereocenters. The van der Waals surface area contributed by atoms with Gasteiger partial charge < -0.3 is 14.2 Å². The van der Waals surface area contributed by atoms with Gasteiger partial charge in [-0.3, -0.25) is 9.35 Å². The Bertz CT molecular complexity index is 702. The molecule has 3 unspecified atom stereocenters. The highest BCUT2D eigenvalue weighted by molar-refractivity contribution is 7.87. The maximum Gasteiger partial charge on any atom is 0.465 e. The average Bonchev–Trinajstić information content (AvgIpc) is 2.77. The maximum atomic E-state index is 13.3. The Labute approximate surface area is 142 Å². The Morgan fingerprint density at radius 3 is 2.64 bits per heavy atom. The van der Waals surface area contributed by atoms with E-state index in [4.69, 9.17) is 9.29 Å². The quantitative estimate of drug-likeness (QED) is 0.315. The fourth-order valence-electron chi connectivity index (χ4n) is 3.22. The molecule has 0 radical (unpaired) electrons. The topological polar surface area (TPSA) is 116 Å². The van der Waals surface area contributed by atoms with Gasteiger partial charge in [0.2, 0.25) is 0 Å². The van der Waals surface area contributed by atoms with E-state index < -0.39 is 38.8 Å². The van der Waals surface area contributed by atoms with Gasteiger partial charge in [0.25, 0.3) is 0 Å². The van der Waals surface area contributed by atoms with Crippen molar-refractivity contribution in [1.29, 1.82) is 0 Å². The minimum Gasteiger partial charge on any atom is -0.452 e. The lowest BCUT2D eigenvalue weighted by molar-refractivity contribution is -0.165. The third-order valence-corrected chi connectivity index (χ3v) is 5.10. The molecule has 25 heavy (non-hydrogen) atoms. The van der Waals surface area contributed by atoms with Crippen molar-refractivity contribution in [2.24, 2.45) is 11.3 Å². The van der Waals surface area contributed by atoms with Gasteiger partial charge in [-0.1, -0.05) is 6.08 Å². The van der Waals surface area contributed by atoms with Crippen molar-refractivity contribution >= 4 is 22.1 Å². The number of hydrogen-bond acceptors (Lipinski definition) is 7. The number of fused-ring (bicyclic) bond motifs is 2. The van der Waals surface area contributed by atoms with Gasteiger partial charge in [-0.05, 0) is 37.7 Å². The van der Waals surface area contributed by atoms with Crippen molar-refractivity contribution < 1.29 is 45.6 Å². The minimum absolute atomic E-state index is 0.114. The summed E-state index contributed by atoms with van der Waals surface area (Å²) in [7, 11) is -4.58. The third-order valence-electron chi connectivity index (χ3n) is 4.29. The molecule has 0 aromatic carbocycles. The average molecular weight is 384 g/mol. The van der Waals surface area contributed by atoms with Crippen LogP contribution in [0.1, 0.15) is 26.2 Å². The van der Waals surface area contributed by atoms with Gasteiger partial charge in [0, 0.05) is 7.11 Å². The standard InChI is InChI=1S/C14H18F2O8S/c1-13(11(17)23-7-22-2)5-8-3-9(6-13)10(4-8)24-12(18)14(15,16)25(19,20)21/h6,8,10H,3-5,7H2,1-2H3,(H,19,20,21). The van der Waals surface area contributed by atoms with Gasteiger partial charge >= 0.3 is 27.3 Å². The number of alkyl halides is 2. The van der Waals surface area contributed by atoms with Crippen LogP contribution in [0.4, 0.5) is 8.78 Å². The van der Waals surface area contributed by atoms with E-state index in [2.05, 4.69) is 9.47 Å². The molecule has 8 nitrogen and oxygen atoms in total. The molecule has 2 aliphatic carbocycles. The molecule has 2 rings (SSSR count). The van der Waals surface area contributed by atoms with E-state index in [1.165, 1.54) is 13.2 Å². The molecule has 0 spiro atoms. The zero-order valence-corrected chi connectivity index (χ0v) is 14.3. The molecule has 0 heterocycles. The Morgan fingerprint density at radius 1 is 1.44 bits per heavy atom. The van der Waals surface area contributed by atoms with E-state index in [-0.39, 0.29) is 19.1 Å². The first-order valence-electron chi connectivity index (χ1n) is 7.34. The van der Waals surface area contributed by atoms with Crippen LogP contribution in [0.15, 0.2) is 11.6 Å². The number of ether oxygens (including phenoxy) is 3. The van der Waals surface area contributed by atoms with Gasteiger partial charge in [0.1, 0.15) is 6.10 Å². The van der Waals surface area contributed by atoms with E-state index in [0.717, 1.165) is 0 Å². The molecule has 1 fully saturated rings. The summed E-state index contributed by atoms with van der Waals surface area (Å²) in [5, 5.41) is -5.05. The normalized spacial score (nSPS) is 29.1. The molecular formula is C14H18F2O8S. The van der Waals surface area contributed by atoms with Gasteiger partial charge in [-0.25, -0.2) is 4.79 Å². The monoisotopic (exact) mass is 384 g/mol. The number of carbonyl (C=O) groups excluding carboxylic acids is 2. The van der Waals surface area contributed by atoms with Crippen LogP contribution in [0.25, 0.3) is 0 Å². The van der Waals surface area contributed by atoms with Gasteiger partial charge in [0.15, 0.2) is 6.79 Å². The van der Waals surface area contributed by atoms with Crippen molar-refractivity contribution in [2.75, 3.05) is 13.9 Å². The second-order valence-corrected chi connectivity index (χ2v) is 7.83. The molecule has 1 N–H and O–H groups in total. The predicted molar refractivity (Wildman–Crippen MR) is 77.9 cm³/mol. The minimum atomic E-state index is -5.93. The molecular weight excluding hydrogens is 366 g/mol. The number of hydrogen-bond donors (Lipinski definition) is 1.